The molecule has 0 atom stereocenters. The predicted octanol–water partition coefficient (Wildman–Crippen LogP) is 3.31. The second kappa shape index (κ2) is 8.49. The van der Waals surface area contributed by atoms with E-state index in [1.165, 1.54) is 0 Å². The fraction of sp³-hybridized carbons (Fsp3) is 0.385. The van der Waals surface area contributed by atoms with Gasteiger partial charge in [0.2, 0.25) is 0 Å². The number of nitrogens with zero attached hydrogens (tertiary/aromatic N) is 3. The molecule has 0 aliphatic heterocycles. The maximum atomic E-state index is 4.14. The third-order valence-corrected chi connectivity index (χ3v) is 1.58. The molecule has 0 unspecified atom stereocenters. The first-order valence-electron chi connectivity index (χ1n) is 5.61. The standard InChI is InChI=1S/C9H7N3.2C2H6/c1-2-5-12-7-11-8-6-10-4-3-9(8)12;2*1-2/h3-4,6-7H,1H3;2*1-2H3. The van der Waals surface area contributed by atoms with Gasteiger partial charge in [-0.1, -0.05) is 33.6 Å². The Bertz CT molecular complexity index is 460. The summed E-state index contributed by atoms with van der Waals surface area (Å²) in [4.78, 5) is 8.10. The van der Waals surface area contributed by atoms with Crippen LogP contribution in [0.3, 0.4) is 0 Å². The maximum absolute atomic E-state index is 4.14. The molecule has 0 bridgehead atoms. The number of imidazole rings is 1. The highest BCUT2D eigenvalue weighted by Gasteiger charge is 1.97. The Morgan fingerprint density at radius 1 is 1.19 bits per heavy atom. The minimum Gasteiger partial charge on any atom is -0.262 e. The summed E-state index contributed by atoms with van der Waals surface area (Å²) >= 11 is 0. The minimum atomic E-state index is 0.875. The van der Waals surface area contributed by atoms with Crippen molar-refractivity contribution in [3.63, 3.8) is 0 Å². The van der Waals surface area contributed by atoms with Crippen molar-refractivity contribution in [2.75, 3.05) is 0 Å². The number of hydrogen-bond acceptors (Lipinski definition) is 2. The highest BCUT2D eigenvalue weighted by molar-refractivity contribution is 5.74. The summed E-state index contributed by atoms with van der Waals surface area (Å²) in [6, 6.07) is 4.80. The van der Waals surface area contributed by atoms with Crippen LogP contribution in [0.15, 0.2) is 24.8 Å². The summed E-state index contributed by atoms with van der Waals surface area (Å²) in [5, 5.41) is 0. The van der Waals surface area contributed by atoms with E-state index >= 15 is 0 Å². The van der Waals surface area contributed by atoms with Crippen LogP contribution in [-0.4, -0.2) is 14.5 Å². The summed E-state index contributed by atoms with van der Waals surface area (Å²) < 4.78 is 1.79. The summed E-state index contributed by atoms with van der Waals surface area (Å²) in [5.74, 6) is 2.81. The molecule has 2 rings (SSSR count). The molecule has 2 heterocycles. The smallest absolute Gasteiger partial charge is 0.108 e. The summed E-state index contributed by atoms with van der Waals surface area (Å²) in [5.41, 5.74) is 1.87. The Morgan fingerprint density at radius 2 is 1.88 bits per heavy atom. The van der Waals surface area contributed by atoms with Crippen LogP contribution in [0.1, 0.15) is 34.6 Å². The summed E-state index contributed by atoms with van der Waals surface area (Å²) in [6.07, 6.45) is 5.16. The molecular weight excluding hydrogens is 198 g/mol. The largest absolute Gasteiger partial charge is 0.262 e. The first-order chi connectivity index (χ1) is 7.92. The molecule has 0 amide bonds. The van der Waals surface area contributed by atoms with E-state index in [0.717, 1.165) is 11.0 Å². The van der Waals surface area contributed by atoms with Gasteiger partial charge in [-0.2, -0.15) is 0 Å². The molecule has 0 saturated heterocycles. The van der Waals surface area contributed by atoms with Crippen LogP contribution in [0, 0.1) is 12.0 Å². The number of pyridine rings is 1. The Labute approximate surface area is 97.5 Å². The van der Waals surface area contributed by atoms with Crippen LogP contribution in [0.2, 0.25) is 0 Å². The van der Waals surface area contributed by atoms with Crippen molar-refractivity contribution in [2.24, 2.45) is 0 Å². The molecule has 0 aliphatic carbocycles. The molecule has 0 aliphatic rings. The van der Waals surface area contributed by atoms with E-state index in [0.29, 0.717) is 0 Å². The molecule has 0 aromatic carbocycles. The Kier molecular flexibility index (Phi) is 7.52. The highest BCUT2D eigenvalue weighted by Crippen LogP contribution is 2.08. The van der Waals surface area contributed by atoms with Crippen molar-refractivity contribution in [1.82, 2.24) is 14.5 Å². The van der Waals surface area contributed by atoms with E-state index in [2.05, 4.69) is 21.9 Å². The van der Waals surface area contributed by atoms with E-state index in [9.17, 15) is 0 Å². The van der Waals surface area contributed by atoms with Gasteiger partial charge in [0.25, 0.3) is 0 Å². The topological polar surface area (TPSA) is 30.7 Å². The van der Waals surface area contributed by atoms with Crippen molar-refractivity contribution in [3.8, 4) is 12.0 Å². The summed E-state index contributed by atoms with van der Waals surface area (Å²) in [7, 11) is 0. The van der Waals surface area contributed by atoms with Gasteiger partial charge in [-0.05, 0) is 13.0 Å². The average Bonchev–Trinajstić information content (AvgIpc) is 2.79. The molecule has 16 heavy (non-hydrogen) atoms. The normalized spacial score (nSPS) is 7.81. The molecule has 86 valence electrons. The molecule has 0 saturated carbocycles. The third-order valence-electron chi connectivity index (χ3n) is 1.58. The Morgan fingerprint density at radius 3 is 2.50 bits per heavy atom. The van der Waals surface area contributed by atoms with Crippen LogP contribution >= 0.6 is 0 Å². The van der Waals surface area contributed by atoms with Crippen molar-refractivity contribution in [1.29, 1.82) is 0 Å². The van der Waals surface area contributed by atoms with Gasteiger partial charge < -0.3 is 0 Å². The molecule has 2 aromatic rings. The van der Waals surface area contributed by atoms with Gasteiger partial charge >= 0.3 is 0 Å². The van der Waals surface area contributed by atoms with Crippen LogP contribution in [0.4, 0.5) is 0 Å². The molecule has 0 fully saturated rings. The number of rotatable bonds is 0. The van der Waals surface area contributed by atoms with Gasteiger partial charge in [0.1, 0.15) is 11.8 Å². The van der Waals surface area contributed by atoms with E-state index < -0.39 is 0 Å². The zero-order valence-electron chi connectivity index (χ0n) is 10.7. The van der Waals surface area contributed by atoms with Crippen molar-refractivity contribution < 1.29 is 0 Å². The van der Waals surface area contributed by atoms with E-state index in [1.807, 2.05) is 33.8 Å². The van der Waals surface area contributed by atoms with Crippen LogP contribution in [0.25, 0.3) is 11.0 Å². The lowest BCUT2D eigenvalue weighted by Crippen LogP contribution is -1.84. The maximum Gasteiger partial charge on any atom is 0.108 e. The molecule has 0 radical (unpaired) electrons. The van der Waals surface area contributed by atoms with Crippen molar-refractivity contribution in [2.45, 2.75) is 34.6 Å². The number of aromatic nitrogens is 3. The van der Waals surface area contributed by atoms with Crippen LogP contribution in [0.5, 0.6) is 0 Å². The monoisotopic (exact) mass is 217 g/mol. The van der Waals surface area contributed by atoms with Crippen molar-refractivity contribution >= 4 is 11.0 Å². The summed E-state index contributed by atoms with van der Waals surface area (Å²) in [6.45, 7) is 9.80. The molecule has 3 nitrogen and oxygen atoms in total. The van der Waals surface area contributed by atoms with E-state index in [-0.39, 0.29) is 0 Å². The minimum absolute atomic E-state index is 0.875. The van der Waals surface area contributed by atoms with Gasteiger partial charge in [-0.25, -0.2) is 4.98 Å². The van der Waals surface area contributed by atoms with Gasteiger partial charge in [0, 0.05) is 12.2 Å². The van der Waals surface area contributed by atoms with Gasteiger partial charge in [0.15, 0.2) is 0 Å². The molecular formula is C13H19N3. The Hall–Kier alpha value is -1.82. The van der Waals surface area contributed by atoms with Crippen LogP contribution < -0.4 is 0 Å². The lowest BCUT2D eigenvalue weighted by Gasteiger charge is -1.89. The molecule has 2 aromatic heterocycles. The molecule has 0 spiro atoms. The lowest BCUT2D eigenvalue weighted by atomic mass is 10.4. The molecule has 0 N–H and O–H groups in total. The zero-order chi connectivity index (χ0) is 12.4. The molecule has 3 heteroatoms. The third kappa shape index (κ3) is 3.39. The van der Waals surface area contributed by atoms with Gasteiger partial charge in [0.05, 0.1) is 11.7 Å². The SMILES string of the molecule is CC.CC.CC#Cn1cnc2cnccc21. The zero-order valence-corrected chi connectivity index (χ0v) is 10.7. The first kappa shape index (κ1) is 14.2. The first-order valence-corrected chi connectivity index (χ1v) is 5.61. The van der Waals surface area contributed by atoms with Gasteiger partial charge in [-0.3, -0.25) is 9.55 Å². The van der Waals surface area contributed by atoms with Gasteiger partial charge in [-0.15, -0.1) is 0 Å². The average molecular weight is 217 g/mol. The van der Waals surface area contributed by atoms with E-state index in [1.54, 1.807) is 30.2 Å². The second-order valence-corrected chi connectivity index (χ2v) is 2.34. The number of fused-ring (bicyclic) bond motifs is 1. The predicted molar refractivity (Wildman–Crippen MR) is 69.1 cm³/mol. The fourth-order valence-corrected chi connectivity index (χ4v) is 1.07. The highest BCUT2D eigenvalue weighted by atomic mass is 15.0. The van der Waals surface area contributed by atoms with Crippen LogP contribution in [-0.2, 0) is 0 Å². The quantitative estimate of drug-likeness (QED) is 0.634. The lowest BCUT2D eigenvalue weighted by molar-refractivity contribution is 1.15. The fourth-order valence-electron chi connectivity index (χ4n) is 1.07. The van der Waals surface area contributed by atoms with E-state index in [4.69, 9.17) is 0 Å². The second-order valence-electron chi connectivity index (χ2n) is 2.34. The Balaban J connectivity index is 0.000000509. The van der Waals surface area contributed by atoms with Crippen molar-refractivity contribution in [3.05, 3.63) is 24.8 Å². The number of hydrogen-bond donors (Lipinski definition) is 0.